The molecule has 2 heterocycles. The van der Waals surface area contributed by atoms with Gasteiger partial charge in [-0.3, -0.25) is 9.59 Å². The zero-order chi connectivity index (χ0) is 18.0. The predicted octanol–water partition coefficient (Wildman–Crippen LogP) is 1.90. The smallest absolute Gasteiger partial charge is 0.255 e. The second-order valence-electron chi connectivity index (χ2n) is 6.07. The molecule has 0 aliphatic carbocycles. The Balaban J connectivity index is 1.66. The molecule has 2 N–H and O–H groups in total. The lowest BCUT2D eigenvalue weighted by Gasteiger charge is -2.29. The highest BCUT2D eigenvalue weighted by atomic mass is 19.1. The molecule has 0 atom stereocenters. The first kappa shape index (κ1) is 17.0. The highest BCUT2D eigenvalue weighted by Gasteiger charge is 2.19. The lowest BCUT2D eigenvalue weighted by Crippen LogP contribution is -2.48. The number of nitrogens with one attached hydrogen (secondary N) is 2. The van der Waals surface area contributed by atoms with Crippen molar-refractivity contribution in [2.45, 2.75) is 20.4 Å². The molecule has 1 fully saturated rings. The quantitative estimate of drug-likeness (QED) is 0.888. The van der Waals surface area contributed by atoms with Crippen LogP contribution in [-0.2, 0) is 11.3 Å². The summed E-state index contributed by atoms with van der Waals surface area (Å²) in [5.41, 5.74) is 1.52. The number of amides is 2. The predicted molar refractivity (Wildman–Crippen MR) is 91.0 cm³/mol. The van der Waals surface area contributed by atoms with Crippen LogP contribution in [0.5, 0.6) is 0 Å². The molecule has 0 unspecified atom stereocenters. The molecule has 6 nitrogen and oxygen atoms in total. The van der Waals surface area contributed by atoms with E-state index >= 15 is 0 Å². The average molecular weight is 345 g/mol. The van der Waals surface area contributed by atoms with Gasteiger partial charge in [0.2, 0.25) is 5.91 Å². The van der Waals surface area contributed by atoms with Crippen molar-refractivity contribution in [3.05, 3.63) is 52.7 Å². The zero-order valence-electron chi connectivity index (χ0n) is 14.2. The molecule has 7 heteroatoms. The van der Waals surface area contributed by atoms with E-state index in [-0.39, 0.29) is 24.9 Å². The molecule has 25 heavy (non-hydrogen) atoms. The van der Waals surface area contributed by atoms with Crippen LogP contribution in [-0.4, -0.2) is 31.4 Å². The van der Waals surface area contributed by atoms with Crippen LogP contribution in [0.2, 0.25) is 0 Å². The summed E-state index contributed by atoms with van der Waals surface area (Å²) < 4.78 is 19.7. The van der Waals surface area contributed by atoms with E-state index < -0.39 is 5.82 Å². The molecular weight excluding hydrogens is 325 g/mol. The van der Waals surface area contributed by atoms with Crippen molar-refractivity contribution < 1.29 is 18.4 Å². The van der Waals surface area contributed by atoms with Gasteiger partial charge in [-0.25, -0.2) is 4.39 Å². The topological polar surface area (TPSA) is 74.6 Å². The molecule has 2 amide bonds. The number of halogens is 1. The monoisotopic (exact) mass is 345 g/mol. The third kappa shape index (κ3) is 3.81. The van der Waals surface area contributed by atoms with Crippen molar-refractivity contribution in [2.75, 3.05) is 24.5 Å². The van der Waals surface area contributed by atoms with Gasteiger partial charge in [0.15, 0.2) is 0 Å². The van der Waals surface area contributed by atoms with Gasteiger partial charge in [0, 0.05) is 19.6 Å². The second kappa shape index (κ2) is 6.96. The first-order valence-corrected chi connectivity index (χ1v) is 8.09. The molecule has 2 aromatic rings. The molecule has 1 aromatic heterocycles. The Kier molecular flexibility index (Phi) is 4.74. The van der Waals surface area contributed by atoms with E-state index in [4.69, 9.17) is 4.42 Å². The van der Waals surface area contributed by atoms with E-state index in [2.05, 4.69) is 10.6 Å². The molecule has 0 radical (unpaired) electrons. The number of furan rings is 1. The van der Waals surface area contributed by atoms with E-state index in [0.717, 1.165) is 0 Å². The van der Waals surface area contributed by atoms with Crippen LogP contribution in [0, 0.1) is 19.7 Å². The number of hydrogen-bond donors (Lipinski definition) is 2. The Morgan fingerprint density at radius 1 is 1.36 bits per heavy atom. The van der Waals surface area contributed by atoms with Gasteiger partial charge >= 0.3 is 0 Å². The maximum Gasteiger partial charge on any atom is 0.255 e. The van der Waals surface area contributed by atoms with Gasteiger partial charge in [0.25, 0.3) is 5.91 Å². The molecule has 0 spiro atoms. The van der Waals surface area contributed by atoms with Crippen molar-refractivity contribution in [2.24, 2.45) is 0 Å². The molecule has 1 aromatic carbocycles. The van der Waals surface area contributed by atoms with E-state index in [1.54, 1.807) is 36.9 Å². The molecule has 0 bridgehead atoms. The number of rotatable bonds is 4. The SMILES string of the molecule is Cc1cc(C(=O)NCc2ccc(N3CCNC(=O)C3)c(F)c2)c(C)o1. The van der Waals surface area contributed by atoms with Gasteiger partial charge in [0.05, 0.1) is 17.8 Å². The summed E-state index contributed by atoms with van der Waals surface area (Å²) in [6.45, 7) is 4.92. The number of benzene rings is 1. The van der Waals surface area contributed by atoms with Crippen LogP contribution in [0.1, 0.15) is 27.4 Å². The number of anilines is 1. The zero-order valence-corrected chi connectivity index (χ0v) is 14.2. The summed E-state index contributed by atoms with van der Waals surface area (Å²) in [6, 6.07) is 6.45. The highest BCUT2D eigenvalue weighted by molar-refractivity contribution is 5.95. The number of carbonyl (C=O) groups excluding carboxylic acids is 2. The number of aryl methyl sites for hydroxylation is 2. The lowest BCUT2D eigenvalue weighted by atomic mass is 10.1. The Hall–Kier alpha value is -2.83. The van der Waals surface area contributed by atoms with Crippen molar-refractivity contribution in [1.82, 2.24) is 10.6 Å². The van der Waals surface area contributed by atoms with Crippen LogP contribution in [0.15, 0.2) is 28.7 Å². The minimum atomic E-state index is -0.406. The first-order chi connectivity index (χ1) is 11.9. The Labute approximate surface area is 145 Å². The van der Waals surface area contributed by atoms with Gasteiger partial charge < -0.3 is 20.0 Å². The fraction of sp³-hybridized carbons (Fsp3) is 0.333. The van der Waals surface area contributed by atoms with Gasteiger partial charge in [-0.15, -0.1) is 0 Å². The number of piperazine rings is 1. The van der Waals surface area contributed by atoms with Crippen LogP contribution in [0.25, 0.3) is 0 Å². The molecule has 132 valence electrons. The normalized spacial score (nSPS) is 14.4. The van der Waals surface area contributed by atoms with E-state index in [9.17, 15) is 14.0 Å². The minimum Gasteiger partial charge on any atom is -0.466 e. The summed E-state index contributed by atoms with van der Waals surface area (Å²) in [7, 11) is 0. The fourth-order valence-corrected chi connectivity index (χ4v) is 2.89. The molecular formula is C18H20FN3O3. The molecule has 1 saturated heterocycles. The summed E-state index contributed by atoms with van der Waals surface area (Å²) in [4.78, 5) is 25.3. The van der Waals surface area contributed by atoms with Gasteiger partial charge in [0.1, 0.15) is 17.3 Å². The summed E-state index contributed by atoms with van der Waals surface area (Å²) in [5, 5.41) is 5.47. The Morgan fingerprint density at radius 3 is 2.80 bits per heavy atom. The minimum absolute atomic E-state index is 0.118. The summed E-state index contributed by atoms with van der Waals surface area (Å²) >= 11 is 0. The number of hydrogen-bond acceptors (Lipinski definition) is 4. The van der Waals surface area contributed by atoms with Crippen molar-refractivity contribution in [1.29, 1.82) is 0 Å². The molecule has 1 aliphatic rings. The molecule has 0 saturated carbocycles. The average Bonchev–Trinajstić information content (AvgIpc) is 2.91. The van der Waals surface area contributed by atoms with Crippen molar-refractivity contribution in [3.8, 4) is 0 Å². The number of carbonyl (C=O) groups is 2. The second-order valence-corrected chi connectivity index (χ2v) is 6.07. The van der Waals surface area contributed by atoms with Gasteiger partial charge in [-0.05, 0) is 37.6 Å². The highest BCUT2D eigenvalue weighted by Crippen LogP contribution is 2.21. The largest absolute Gasteiger partial charge is 0.466 e. The maximum atomic E-state index is 14.4. The van der Waals surface area contributed by atoms with Crippen LogP contribution in [0.3, 0.4) is 0 Å². The van der Waals surface area contributed by atoms with Gasteiger partial charge in [-0.2, -0.15) is 0 Å². The van der Waals surface area contributed by atoms with Crippen LogP contribution < -0.4 is 15.5 Å². The number of nitrogens with zero attached hydrogens (tertiary/aromatic N) is 1. The Bertz CT molecular complexity index is 816. The van der Waals surface area contributed by atoms with Gasteiger partial charge in [-0.1, -0.05) is 6.07 Å². The third-order valence-corrected chi connectivity index (χ3v) is 4.13. The maximum absolute atomic E-state index is 14.4. The summed E-state index contributed by atoms with van der Waals surface area (Å²) in [5.74, 6) is 0.444. The first-order valence-electron chi connectivity index (χ1n) is 8.09. The van der Waals surface area contributed by atoms with Crippen molar-refractivity contribution >= 4 is 17.5 Å². The molecule has 3 rings (SSSR count). The van der Waals surface area contributed by atoms with E-state index in [1.807, 2.05) is 0 Å². The van der Waals surface area contributed by atoms with Crippen molar-refractivity contribution in [3.63, 3.8) is 0 Å². The van der Waals surface area contributed by atoms with Crippen LogP contribution >= 0.6 is 0 Å². The fourth-order valence-electron chi connectivity index (χ4n) is 2.89. The molecule has 1 aliphatic heterocycles. The van der Waals surface area contributed by atoms with Crippen LogP contribution in [0.4, 0.5) is 10.1 Å². The lowest BCUT2D eigenvalue weighted by molar-refractivity contribution is -0.120. The van der Waals surface area contributed by atoms with E-state index in [1.165, 1.54) is 6.07 Å². The summed E-state index contributed by atoms with van der Waals surface area (Å²) in [6.07, 6.45) is 0. The third-order valence-electron chi connectivity index (χ3n) is 4.13. The van der Waals surface area contributed by atoms with E-state index in [0.29, 0.717) is 41.4 Å². The standard InChI is InChI=1S/C18H20FN3O3/c1-11-7-14(12(2)25-11)18(24)21-9-13-3-4-16(15(19)8-13)22-6-5-20-17(23)10-22/h3-4,7-8H,5-6,9-10H2,1-2H3,(H,20,23)(H,21,24). The Morgan fingerprint density at radius 2 is 2.16 bits per heavy atom.